The highest BCUT2D eigenvalue weighted by Crippen LogP contribution is 2.52. The van der Waals surface area contributed by atoms with Gasteiger partial charge >= 0.3 is 0 Å². The number of nitrogens with zero attached hydrogens (tertiary/aromatic N) is 2. The summed E-state index contributed by atoms with van der Waals surface area (Å²) < 4.78 is 30.5. The SMILES string of the molecule is Cc1ccc(N(c2ccc(C)cc2)c2ccc3c(-c4cccc(F)c4)cc4c(N(c5ccc(C)cc5)c5ccc(C)cc5)ccc5c(-c6cccc(F)c6)cc2c3c54)cc1. The molecule has 10 rings (SSSR count). The van der Waals surface area contributed by atoms with E-state index in [1.165, 1.54) is 34.4 Å². The van der Waals surface area contributed by atoms with Gasteiger partial charge in [-0.2, -0.15) is 0 Å². The van der Waals surface area contributed by atoms with Crippen molar-refractivity contribution in [3.05, 3.63) is 216 Å². The summed E-state index contributed by atoms with van der Waals surface area (Å²) in [4.78, 5) is 4.63. The molecule has 4 heteroatoms. The maximum Gasteiger partial charge on any atom is 0.123 e. The first-order chi connectivity index (χ1) is 29.2. The van der Waals surface area contributed by atoms with E-state index < -0.39 is 0 Å². The zero-order chi connectivity index (χ0) is 41.1. The zero-order valence-electron chi connectivity index (χ0n) is 34.0. The summed E-state index contributed by atoms with van der Waals surface area (Å²) in [6.45, 7) is 8.40. The minimum atomic E-state index is -0.294. The van der Waals surface area contributed by atoms with Gasteiger partial charge in [-0.15, -0.1) is 0 Å². The lowest BCUT2D eigenvalue weighted by molar-refractivity contribution is 0.628. The Bertz CT molecular complexity index is 2880. The van der Waals surface area contributed by atoms with Gasteiger partial charge in [-0.3, -0.25) is 0 Å². The number of aryl methyl sites for hydroxylation is 4. The molecule has 0 atom stereocenters. The number of benzene rings is 10. The average Bonchev–Trinajstić information content (AvgIpc) is 3.26. The lowest BCUT2D eigenvalue weighted by Gasteiger charge is -2.31. The van der Waals surface area contributed by atoms with Crippen molar-refractivity contribution in [1.82, 2.24) is 0 Å². The molecule has 0 radical (unpaired) electrons. The van der Waals surface area contributed by atoms with E-state index in [0.717, 1.165) is 88.7 Å². The molecule has 0 bridgehead atoms. The standard InChI is InChI=1S/C56H42F2N2/c1-35-11-19-43(20-12-35)59(44-21-13-36(2)14-22-44)53-29-27-47-50(40-8-6-10-42(58)32-40)34-52-54(60(45-23-15-37(3)16-24-45)46-25-17-38(4)18-26-46)30-28-48-49(33-51(53)55(47)56(48)52)39-7-5-9-41(57)31-39/h5-34H,1-4H3. The van der Waals surface area contributed by atoms with Gasteiger partial charge in [0.05, 0.1) is 11.4 Å². The van der Waals surface area contributed by atoms with E-state index in [9.17, 15) is 0 Å². The van der Waals surface area contributed by atoms with Gasteiger partial charge in [-0.1, -0.05) is 107 Å². The van der Waals surface area contributed by atoms with Crippen molar-refractivity contribution in [1.29, 1.82) is 0 Å². The van der Waals surface area contributed by atoms with E-state index in [2.05, 4.69) is 171 Å². The molecule has 0 saturated heterocycles. The van der Waals surface area contributed by atoms with E-state index in [1.54, 1.807) is 24.3 Å². The fraction of sp³-hybridized carbons (Fsp3) is 0.0714. The average molecular weight is 781 g/mol. The molecule has 0 N–H and O–H groups in total. The highest BCUT2D eigenvalue weighted by Gasteiger charge is 2.26. The van der Waals surface area contributed by atoms with Gasteiger partial charge in [0.25, 0.3) is 0 Å². The summed E-state index contributed by atoms with van der Waals surface area (Å²) >= 11 is 0. The van der Waals surface area contributed by atoms with Crippen molar-refractivity contribution in [2.75, 3.05) is 9.80 Å². The Kier molecular flexibility index (Phi) is 9.14. The largest absolute Gasteiger partial charge is 0.310 e. The van der Waals surface area contributed by atoms with E-state index in [1.807, 2.05) is 12.1 Å². The lowest BCUT2D eigenvalue weighted by Crippen LogP contribution is -2.12. The third kappa shape index (κ3) is 6.51. The van der Waals surface area contributed by atoms with Crippen LogP contribution in [-0.4, -0.2) is 0 Å². The van der Waals surface area contributed by atoms with Gasteiger partial charge in [0.1, 0.15) is 11.6 Å². The third-order valence-corrected chi connectivity index (χ3v) is 11.8. The Morgan fingerprint density at radius 1 is 0.317 bits per heavy atom. The summed E-state index contributed by atoms with van der Waals surface area (Å²) in [6.07, 6.45) is 0. The summed E-state index contributed by atoms with van der Waals surface area (Å²) in [7, 11) is 0. The molecule has 0 aliphatic carbocycles. The van der Waals surface area contributed by atoms with Crippen molar-refractivity contribution in [3.8, 4) is 22.3 Å². The number of hydrogen-bond donors (Lipinski definition) is 0. The Labute approximate surface area is 349 Å². The second kappa shape index (κ2) is 14.8. The molecule has 0 amide bonds. The molecule has 0 aromatic heterocycles. The molecule has 10 aromatic rings. The molecule has 2 nitrogen and oxygen atoms in total. The van der Waals surface area contributed by atoms with Crippen LogP contribution in [0.1, 0.15) is 22.3 Å². The van der Waals surface area contributed by atoms with Crippen LogP contribution in [0, 0.1) is 39.3 Å². The Hall–Kier alpha value is -7.30. The summed E-state index contributed by atoms with van der Waals surface area (Å²) in [5.41, 5.74) is 14.1. The fourth-order valence-electron chi connectivity index (χ4n) is 8.75. The number of anilines is 6. The topological polar surface area (TPSA) is 6.48 Å². The first-order valence-corrected chi connectivity index (χ1v) is 20.4. The van der Waals surface area contributed by atoms with Gasteiger partial charge in [0.2, 0.25) is 0 Å². The van der Waals surface area contributed by atoms with Crippen LogP contribution in [-0.2, 0) is 0 Å². The van der Waals surface area contributed by atoms with Gasteiger partial charge in [-0.05, 0) is 158 Å². The van der Waals surface area contributed by atoms with Crippen molar-refractivity contribution >= 4 is 66.4 Å². The van der Waals surface area contributed by atoms with E-state index >= 15 is 8.78 Å². The highest BCUT2D eigenvalue weighted by molar-refractivity contribution is 6.33. The van der Waals surface area contributed by atoms with Crippen molar-refractivity contribution < 1.29 is 8.78 Å². The van der Waals surface area contributed by atoms with Crippen LogP contribution >= 0.6 is 0 Å². The molecule has 0 aliphatic heterocycles. The molecule has 0 spiro atoms. The molecular formula is C56H42F2N2. The van der Waals surface area contributed by atoms with Gasteiger partial charge in [0.15, 0.2) is 0 Å². The van der Waals surface area contributed by atoms with Crippen LogP contribution in [0.25, 0.3) is 54.6 Å². The second-order valence-corrected chi connectivity index (χ2v) is 16.0. The van der Waals surface area contributed by atoms with Gasteiger partial charge in [-0.25, -0.2) is 8.78 Å². The fourth-order valence-corrected chi connectivity index (χ4v) is 8.75. The van der Waals surface area contributed by atoms with Crippen LogP contribution in [0.15, 0.2) is 182 Å². The van der Waals surface area contributed by atoms with Crippen molar-refractivity contribution in [2.45, 2.75) is 27.7 Å². The molecule has 0 fully saturated rings. The summed E-state index contributed by atoms with van der Waals surface area (Å²) in [6, 6.07) is 61.5. The summed E-state index contributed by atoms with van der Waals surface area (Å²) in [5, 5.41) is 6.11. The molecular weight excluding hydrogens is 739 g/mol. The number of hydrogen-bond acceptors (Lipinski definition) is 2. The monoisotopic (exact) mass is 780 g/mol. The maximum atomic E-state index is 15.3. The normalized spacial score (nSPS) is 11.5. The third-order valence-electron chi connectivity index (χ3n) is 11.8. The predicted molar refractivity (Wildman–Crippen MR) is 249 cm³/mol. The second-order valence-electron chi connectivity index (χ2n) is 16.0. The smallest absolute Gasteiger partial charge is 0.123 e. The van der Waals surface area contributed by atoms with Crippen LogP contribution in [0.2, 0.25) is 0 Å². The van der Waals surface area contributed by atoms with Gasteiger partial charge < -0.3 is 9.80 Å². The quantitative estimate of drug-likeness (QED) is 0.142. The molecule has 0 unspecified atom stereocenters. The van der Waals surface area contributed by atoms with Crippen LogP contribution < -0.4 is 9.80 Å². The Balaban J connectivity index is 1.39. The van der Waals surface area contributed by atoms with Gasteiger partial charge in [0, 0.05) is 44.3 Å². The van der Waals surface area contributed by atoms with Crippen molar-refractivity contribution in [2.24, 2.45) is 0 Å². The van der Waals surface area contributed by atoms with Crippen molar-refractivity contribution in [3.63, 3.8) is 0 Å². The molecule has 10 aromatic carbocycles. The number of halogens is 2. The first-order valence-electron chi connectivity index (χ1n) is 20.4. The Morgan fingerprint density at radius 3 is 0.933 bits per heavy atom. The van der Waals surface area contributed by atoms with Crippen LogP contribution in [0.5, 0.6) is 0 Å². The molecule has 0 heterocycles. The molecule has 60 heavy (non-hydrogen) atoms. The molecule has 0 saturated carbocycles. The van der Waals surface area contributed by atoms with E-state index in [4.69, 9.17) is 0 Å². The zero-order valence-corrected chi connectivity index (χ0v) is 34.0. The summed E-state index contributed by atoms with van der Waals surface area (Å²) in [5.74, 6) is -0.587. The lowest BCUT2D eigenvalue weighted by atomic mass is 9.84. The molecule has 290 valence electrons. The van der Waals surface area contributed by atoms with Crippen LogP contribution in [0.4, 0.5) is 42.9 Å². The molecule has 0 aliphatic rings. The minimum Gasteiger partial charge on any atom is -0.310 e. The minimum absolute atomic E-state index is 0.294. The van der Waals surface area contributed by atoms with E-state index in [-0.39, 0.29) is 11.6 Å². The van der Waals surface area contributed by atoms with E-state index in [0.29, 0.717) is 0 Å². The first kappa shape index (κ1) is 37.0. The Morgan fingerprint density at radius 2 is 0.633 bits per heavy atom. The number of rotatable bonds is 8. The maximum absolute atomic E-state index is 15.3. The van der Waals surface area contributed by atoms with Crippen LogP contribution in [0.3, 0.4) is 0 Å². The predicted octanol–water partition coefficient (Wildman–Crippen LogP) is 16.4. The highest BCUT2D eigenvalue weighted by atomic mass is 19.1.